The topological polar surface area (TPSA) is 66.5 Å². The summed E-state index contributed by atoms with van der Waals surface area (Å²) in [4.78, 5) is 12.4. The lowest BCUT2D eigenvalue weighted by molar-refractivity contribution is -0.122. The summed E-state index contributed by atoms with van der Waals surface area (Å²) in [5.41, 5.74) is 3.14. The molecular weight excluding hydrogens is 360 g/mol. The van der Waals surface area contributed by atoms with Crippen molar-refractivity contribution in [2.45, 2.75) is 38.1 Å². The number of para-hydroxylation sites is 1. The minimum atomic E-state index is -3.38. The van der Waals surface area contributed by atoms with Crippen molar-refractivity contribution >= 4 is 21.6 Å². The molecule has 0 aromatic heterocycles. The molecular formula is C21H26N2O3S. The Morgan fingerprint density at radius 3 is 2.56 bits per heavy atom. The van der Waals surface area contributed by atoms with Crippen molar-refractivity contribution in [1.82, 2.24) is 5.32 Å². The Labute approximate surface area is 161 Å². The second kappa shape index (κ2) is 8.57. The first kappa shape index (κ1) is 19.4. The molecule has 0 saturated heterocycles. The highest BCUT2D eigenvalue weighted by Gasteiger charge is 2.22. The smallest absolute Gasteiger partial charge is 0.232 e. The highest BCUT2D eigenvalue weighted by molar-refractivity contribution is 7.92. The van der Waals surface area contributed by atoms with Crippen molar-refractivity contribution < 1.29 is 13.2 Å². The van der Waals surface area contributed by atoms with E-state index in [-0.39, 0.29) is 18.5 Å². The van der Waals surface area contributed by atoms with E-state index in [1.807, 2.05) is 18.2 Å². The number of aryl methyl sites for hydroxylation is 1. The van der Waals surface area contributed by atoms with E-state index < -0.39 is 10.0 Å². The fraction of sp³-hybridized carbons (Fsp3) is 0.381. The monoisotopic (exact) mass is 386 g/mol. The summed E-state index contributed by atoms with van der Waals surface area (Å²) < 4.78 is 25.5. The normalized spacial score (nSPS) is 16.4. The third-order valence-corrected chi connectivity index (χ3v) is 6.11. The van der Waals surface area contributed by atoms with Gasteiger partial charge in [0.05, 0.1) is 18.0 Å². The molecule has 0 spiro atoms. The maximum Gasteiger partial charge on any atom is 0.232 e. The number of hydrogen-bond donors (Lipinski definition) is 1. The maximum absolute atomic E-state index is 12.4. The van der Waals surface area contributed by atoms with Crippen LogP contribution in [-0.4, -0.2) is 27.1 Å². The van der Waals surface area contributed by atoms with Crippen LogP contribution in [0.3, 0.4) is 0 Å². The van der Waals surface area contributed by atoms with Gasteiger partial charge in [0.2, 0.25) is 15.9 Å². The van der Waals surface area contributed by atoms with Crippen LogP contribution in [0.5, 0.6) is 0 Å². The zero-order valence-corrected chi connectivity index (χ0v) is 16.4. The molecule has 1 N–H and O–H groups in total. The molecule has 3 rings (SSSR count). The number of anilines is 1. The van der Waals surface area contributed by atoms with Gasteiger partial charge in [0.1, 0.15) is 0 Å². The largest absolute Gasteiger partial charge is 0.349 e. The summed E-state index contributed by atoms with van der Waals surface area (Å²) in [6.07, 6.45) is 5.04. The summed E-state index contributed by atoms with van der Waals surface area (Å²) in [6, 6.07) is 17.3. The van der Waals surface area contributed by atoms with Crippen LogP contribution < -0.4 is 9.62 Å². The first-order chi connectivity index (χ1) is 12.9. The third kappa shape index (κ3) is 5.10. The maximum atomic E-state index is 12.4. The molecule has 0 radical (unpaired) electrons. The van der Waals surface area contributed by atoms with Gasteiger partial charge in [0.15, 0.2) is 0 Å². The van der Waals surface area contributed by atoms with Gasteiger partial charge in [-0.3, -0.25) is 9.10 Å². The number of nitrogens with zero attached hydrogens (tertiary/aromatic N) is 1. The van der Waals surface area contributed by atoms with E-state index in [0.717, 1.165) is 19.3 Å². The molecule has 1 amide bonds. The Morgan fingerprint density at radius 1 is 1.11 bits per heavy atom. The number of carbonyl (C=O) groups is 1. The number of hydrogen-bond acceptors (Lipinski definition) is 3. The standard InChI is InChI=1S/C21H26N2O3S/c1-27(25,26)23(18-11-3-2-4-12-18)16-8-15-21(24)22-20-14-7-10-17-9-5-6-13-19(17)20/h2-6,9,11-13,20H,7-8,10,14-16H2,1H3,(H,22,24)/t20-/m1/s1. The summed E-state index contributed by atoms with van der Waals surface area (Å²) in [7, 11) is -3.38. The van der Waals surface area contributed by atoms with Gasteiger partial charge in [-0.05, 0) is 48.9 Å². The van der Waals surface area contributed by atoms with Crippen LogP contribution in [0.4, 0.5) is 5.69 Å². The minimum Gasteiger partial charge on any atom is -0.349 e. The predicted octanol–water partition coefficient (Wildman–Crippen LogP) is 3.43. The molecule has 6 heteroatoms. The molecule has 1 aliphatic carbocycles. The zero-order valence-electron chi connectivity index (χ0n) is 15.6. The summed E-state index contributed by atoms with van der Waals surface area (Å²) >= 11 is 0. The molecule has 144 valence electrons. The average Bonchev–Trinajstić information content (AvgIpc) is 2.65. The minimum absolute atomic E-state index is 0.0294. The number of carbonyl (C=O) groups excluding carboxylic acids is 1. The van der Waals surface area contributed by atoms with E-state index in [1.54, 1.807) is 24.3 Å². The number of nitrogens with one attached hydrogen (secondary N) is 1. The van der Waals surface area contributed by atoms with Crippen LogP contribution in [-0.2, 0) is 21.2 Å². The first-order valence-electron chi connectivity index (χ1n) is 9.35. The van der Waals surface area contributed by atoms with Crippen molar-refractivity contribution in [3.05, 3.63) is 65.7 Å². The van der Waals surface area contributed by atoms with E-state index in [0.29, 0.717) is 18.5 Å². The van der Waals surface area contributed by atoms with Gasteiger partial charge in [-0.2, -0.15) is 0 Å². The summed E-state index contributed by atoms with van der Waals surface area (Å²) in [5, 5.41) is 3.12. The number of benzene rings is 2. The van der Waals surface area contributed by atoms with E-state index in [9.17, 15) is 13.2 Å². The Morgan fingerprint density at radius 2 is 1.81 bits per heavy atom. The van der Waals surface area contributed by atoms with E-state index >= 15 is 0 Å². The van der Waals surface area contributed by atoms with Crippen LogP contribution in [0.15, 0.2) is 54.6 Å². The Hall–Kier alpha value is -2.34. The van der Waals surface area contributed by atoms with Gasteiger partial charge in [-0.25, -0.2) is 8.42 Å². The van der Waals surface area contributed by atoms with E-state index in [4.69, 9.17) is 0 Å². The van der Waals surface area contributed by atoms with Crippen LogP contribution in [0.1, 0.15) is 42.9 Å². The van der Waals surface area contributed by atoms with E-state index in [1.165, 1.54) is 21.7 Å². The van der Waals surface area contributed by atoms with E-state index in [2.05, 4.69) is 17.4 Å². The summed E-state index contributed by atoms with van der Waals surface area (Å²) in [6.45, 7) is 0.289. The molecule has 1 atom stereocenters. The predicted molar refractivity (Wildman–Crippen MR) is 108 cm³/mol. The van der Waals surface area contributed by atoms with Gasteiger partial charge in [0.25, 0.3) is 0 Å². The van der Waals surface area contributed by atoms with Crippen molar-refractivity contribution in [1.29, 1.82) is 0 Å². The lowest BCUT2D eigenvalue weighted by Crippen LogP contribution is -2.33. The van der Waals surface area contributed by atoms with Gasteiger partial charge >= 0.3 is 0 Å². The molecule has 0 fully saturated rings. The SMILES string of the molecule is CS(=O)(=O)N(CCCC(=O)N[C@@H]1CCCc2ccccc21)c1ccccc1. The lowest BCUT2D eigenvalue weighted by atomic mass is 9.87. The molecule has 2 aromatic carbocycles. The number of amides is 1. The average molecular weight is 387 g/mol. The van der Waals surface area contributed by atoms with Crippen molar-refractivity contribution in [3.8, 4) is 0 Å². The molecule has 2 aromatic rings. The van der Waals surface area contributed by atoms with Crippen molar-refractivity contribution in [2.75, 3.05) is 17.1 Å². The lowest BCUT2D eigenvalue weighted by Gasteiger charge is -2.26. The molecule has 27 heavy (non-hydrogen) atoms. The van der Waals surface area contributed by atoms with Gasteiger partial charge < -0.3 is 5.32 Å². The van der Waals surface area contributed by atoms with Crippen molar-refractivity contribution in [2.24, 2.45) is 0 Å². The Kier molecular flexibility index (Phi) is 6.16. The zero-order chi connectivity index (χ0) is 19.3. The Balaban J connectivity index is 1.56. The summed E-state index contributed by atoms with van der Waals surface area (Å²) in [5.74, 6) is -0.0294. The first-order valence-corrected chi connectivity index (χ1v) is 11.2. The number of rotatable bonds is 7. The molecule has 0 unspecified atom stereocenters. The molecule has 5 nitrogen and oxygen atoms in total. The highest BCUT2D eigenvalue weighted by Crippen LogP contribution is 2.29. The number of fused-ring (bicyclic) bond motifs is 1. The quantitative estimate of drug-likeness (QED) is 0.793. The third-order valence-electron chi connectivity index (χ3n) is 4.91. The fourth-order valence-electron chi connectivity index (χ4n) is 3.63. The Bertz CT molecular complexity index is 881. The molecule has 0 bridgehead atoms. The molecule has 1 aliphatic rings. The van der Waals surface area contributed by atoms with Crippen molar-refractivity contribution in [3.63, 3.8) is 0 Å². The molecule has 0 heterocycles. The fourth-order valence-corrected chi connectivity index (χ4v) is 4.60. The number of sulfonamides is 1. The second-order valence-corrected chi connectivity index (χ2v) is 8.89. The van der Waals surface area contributed by atoms with Gasteiger partial charge in [-0.1, -0.05) is 42.5 Å². The second-order valence-electron chi connectivity index (χ2n) is 6.99. The molecule has 0 aliphatic heterocycles. The van der Waals surface area contributed by atoms with Gasteiger partial charge in [-0.15, -0.1) is 0 Å². The van der Waals surface area contributed by atoms with Crippen LogP contribution in [0.25, 0.3) is 0 Å². The van der Waals surface area contributed by atoms with Crippen LogP contribution in [0.2, 0.25) is 0 Å². The van der Waals surface area contributed by atoms with Crippen LogP contribution >= 0.6 is 0 Å². The highest BCUT2D eigenvalue weighted by atomic mass is 32.2. The van der Waals surface area contributed by atoms with Gasteiger partial charge in [0, 0.05) is 13.0 Å². The molecule has 0 saturated carbocycles. The van der Waals surface area contributed by atoms with Crippen LogP contribution in [0, 0.1) is 0 Å².